The van der Waals surface area contributed by atoms with Crippen LogP contribution in [0.2, 0.25) is 5.02 Å². The van der Waals surface area contributed by atoms with E-state index in [1.54, 1.807) is 0 Å². The SMILES string of the molecule is CN1CCCC(Nc2ccc(Cl)cc2)CC1. The van der Waals surface area contributed by atoms with Gasteiger partial charge >= 0.3 is 0 Å². The van der Waals surface area contributed by atoms with Crippen molar-refractivity contribution in [2.75, 3.05) is 25.5 Å². The third kappa shape index (κ3) is 3.39. The molecule has 0 saturated carbocycles. The van der Waals surface area contributed by atoms with Crippen LogP contribution in [0.1, 0.15) is 19.3 Å². The van der Waals surface area contributed by atoms with Gasteiger partial charge in [0, 0.05) is 16.8 Å². The summed E-state index contributed by atoms with van der Waals surface area (Å²) in [6, 6.07) is 8.58. The minimum atomic E-state index is 0.603. The van der Waals surface area contributed by atoms with Crippen molar-refractivity contribution in [3.8, 4) is 0 Å². The van der Waals surface area contributed by atoms with Gasteiger partial charge in [-0.1, -0.05) is 11.6 Å². The average molecular weight is 239 g/mol. The topological polar surface area (TPSA) is 15.3 Å². The van der Waals surface area contributed by atoms with Crippen LogP contribution in [0.3, 0.4) is 0 Å². The minimum Gasteiger partial charge on any atom is -0.382 e. The summed E-state index contributed by atoms with van der Waals surface area (Å²) < 4.78 is 0. The Bertz CT molecular complexity index is 323. The van der Waals surface area contributed by atoms with Gasteiger partial charge in [0.1, 0.15) is 0 Å². The smallest absolute Gasteiger partial charge is 0.0407 e. The Morgan fingerprint density at radius 2 is 1.94 bits per heavy atom. The molecule has 0 amide bonds. The van der Waals surface area contributed by atoms with Gasteiger partial charge in [0.25, 0.3) is 0 Å². The number of rotatable bonds is 2. The van der Waals surface area contributed by atoms with Crippen molar-refractivity contribution in [3.05, 3.63) is 29.3 Å². The lowest BCUT2D eigenvalue weighted by molar-refractivity contribution is 0.348. The molecule has 88 valence electrons. The molecule has 0 spiro atoms. The summed E-state index contributed by atoms with van der Waals surface area (Å²) >= 11 is 5.87. The second-order valence-corrected chi connectivity index (χ2v) is 5.02. The molecule has 1 aromatic carbocycles. The molecule has 1 atom stereocenters. The summed E-state index contributed by atoms with van der Waals surface area (Å²) in [6.07, 6.45) is 3.76. The average Bonchev–Trinajstić information content (AvgIpc) is 2.47. The van der Waals surface area contributed by atoms with E-state index in [0.717, 1.165) is 5.02 Å². The highest BCUT2D eigenvalue weighted by atomic mass is 35.5. The highest BCUT2D eigenvalue weighted by molar-refractivity contribution is 6.30. The van der Waals surface area contributed by atoms with Crippen LogP contribution in [0.15, 0.2) is 24.3 Å². The molecule has 0 bridgehead atoms. The molecule has 2 nitrogen and oxygen atoms in total. The lowest BCUT2D eigenvalue weighted by Crippen LogP contribution is -2.22. The number of anilines is 1. The normalized spacial score (nSPS) is 22.8. The Morgan fingerprint density at radius 3 is 2.69 bits per heavy atom. The van der Waals surface area contributed by atoms with Crippen molar-refractivity contribution in [1.29, 1.82) is 0 Å². The van der Waals surface area contributed by atoms with E-state index in [1.807, 2.05) is 12.1 Å². The molecule has 1 unspecified atom stereocenters. The highest BCUT2D eigenvalue weighted by Crippen LogP contribution is 2.18. The fourth-order valence-electron chi connectivity index (χ4n) is 2.17. The molecule has 2 rings (SSSR count). The zero-order valence-electron chi connectivity index (χ0n) is 9.75. The van der Waals surface area contributed by atoms with Gasteiger partial charge in [-0.25, -0.2) is 0 Å². The predicted octanol–water partition coefficient (Wildman–Crippen LogP) is 3.24. The van der Waals surface area contributed by atoms with Crippen LogP contribution in [-0.2, 0) is 0 Å². The predicted molar refractivity (Wildman–Crippen MR) is 70.2 cm³/mol. The fourth-order valence-corrected chi connectivity index (χ4v) is 2.29. The molecule has 1 fully saturated rings. The van der Waals surface area contributed by atoms with E-state index in [4.69, 9.17) is 11.6 Å². The maximum absolute atomic E-state index is 5.87. The lowest BCUT2D eigenvalue weighted by atomic mass is 10.1. The van der Waals surface area contributed by atoms with Crippen molar-refractivity contribution < 1.29 is 0 Å². The van der Waals surface area contributed by atoms with Crippen LogP contribution >= 0.6 is 11.6 Å². The third-order valence-electron chi connectivity index (χ3n) is 3.17. The van der Waals surface area contributed by atoms with Crippen molar-refractivity contribution in [1.82, 2.24) is 4.90 Å². The Kier molecular flexibility index (Phi) is 4.08. The van der Waals surface area contributed by atoms with Gasteiger partial charge in [0.15, 0.2) is 0 Å². The summed E-state index contributed by atoms with van der Waals surface area (Å²) in [4.78, 5) is 2.41. The number of likely N-dealkylation sites (tertiary alicyclic amines) is 1. The number of nitrogens with zero attached hydrogens (tertiary/aromatic N) is 1. The van der Waals surface area contributed by atoms with Crippen molar-refractivity contribution in [3.63, 3.8) is 0 Å². The standard InChI is InChI=1S/C13H19ClN2/c1-16-9-2-3-12(8-10-16)15-13-6-4-11(14)5-7-13/h4-7,12,15H,2-3,8-10H2,1H3. The Morgan fingerprint density at radius 1 is 1.19 bits per heavy atom. The van der Waals surface area contributed by atoms with Crippen LogP contribution in [0.25, 0.3) is 0 Å². The number of hydrogen-bond donors (Lipinski definition) is 1. The number of halogens is 1. The summed E-state index contributed by atoms with van der Waals surface area (Å²) in [5, 5.41) is 4.38. The first-order valence-electron chi connectivity index (χ1n) is 5.95. The molecule has 1 N–H and O–H groups in total. The first kappa shape index (κ1) is 11.7. The minimum absolute atomic E-state index is 0.603. The van der Waals surface area contributed by atoms with Gasteiger partial charge in [-0.15, -0.1) is 0 Å². The van der Waals surface area contributed by atoms with E-state index in [1.165, 1.54) is 38.0 Å². The molecule has 1 aromatic rings. The lowest BCUT2D eigenvalue weighted by Gasteiger charge is -2.18. The largest absolute Gasteiger partial charge is 0.382 e. The second-order valence-electron chi connectivity index (χ2n) is 4.58. The van der Waals surface area contributed by atoms with Crippen LogP contribution in [-0.4, -0.2) is 31.1 Å². The van der Waals surface area contributed by atoms with Crippen LogP contribution < -0.4 is 5.32 Å². The molecule has 1 aliphatic heterocycles. The summed E-state index contributed by atoms with van der Waals surface area (Å²) in [7, 11) is 2.20. The maximum Gasteiger partial charge on any atom is 0.0407 e. The molecule has 1 heterocycles. The first-order valence-corrected chi connectivity index (χ1v) is 6.32. The number of nitrogens with one attached hydrogen (secondary N) is 1. The summed E-state index contributed by atoms with van der Waals surface area (Å²) in [6.45, 7) is 2.41. The molecular weight excluding hydrogens is 220 g/mol. The van der Waals surface area contributed by atoms with Crippen molar-refractivity contribution in [2.24, 2.45) is 0 Å². The van der Waals surface area contributed by atoms with Gasteiger partial charge in [-0.05, 0) is 63.7 Å². The number of benzene rings is 1. The Balaban J connectivity index is 1.91. The Hall–Kier alpha value is -0.730. The molecular formula is C13H19ClN2. The van der Waals surface area contributed by atoms with E-state index in [0.29, 0.717) is 6.04 Å². The van der Waals surface area contributed by atoms with Gasteiger partial charge in [0.05, 0.1) is 0 Å². The van der Waals surface area contributed by atoms with Gasteiger partial charge in [-0.2, -0.15) is 0 Å². The molecule has 0 aromatic heterocycles. The van der Waals surface area contributed by atoms with Gasteiger partial charge < -0.3 is 10.2 Å². The molecule has 16 heavy (non-hydrogen) atoms. The molecule has 1 saturated heterocycles. The van der Waals surface area contributed by atoms with E-state index < -0.39 is 0 Å². The quantitative estimate of drug-likeness (QED) is 0.851. The molecule has 1 aliphatic rings. The third-order valence-corrected chi connectivity index (χ3v) is 3.42. The number of hydrogen-bond acceptors (Lipinski definition) is 2. The van der Waals surface area contributed by atoms with Crippen LogP contribution in [0, 0.1) is 0 Å². The summed E-state index contributed by atoms with van der Waals surface area (Å²) in [5.41, 5.74) is 1.18. The fraction of sp³-hybridized carbons (Fsp3) is 0.538. The maximum atomic E-state index is 5.87. The van der Waals surface area contributed by atoms with Gasteiger partial charge in [0.2, 0.25) is 0 Å². The van der Waals surface area contributed by atoms with Gasteiger partial charge in [-0.3, -0.25) is 0 Å². The first-order chi connectivity index (χ1) is 7.74. The molecule has 3 heteroatoms. The monoisotopic (exact) mass is 238 g/mol. The molecule has 0 radical (unpaired) electrons. The zero-order valence-corrected chi connectivity index (χ0v) is 10.5. The van der Waals surface area contributed by atoms with E-state index in [2.05, 4.69) is 29.4 Å². The van der Waals surface area contributed by atoms with Crippen LogP contribution in [0.5, 0.6) is 0 Å². The van der Waals surface area contributed by atoms with E-state index >= 15 is 0 Å². The highest BCUT2D eigenvalue weighted by Gasteiger charge is 2.14. The Labute approximate surface area is 103 Å². The zero-order chi connectivity index (χ0) is 11.4. The van der Waals surface area contributed by atoms with E-state index in [-0.39, 0.29) is 0 Å². The van der Waals surface area contributed by atoms with E-state index in [9.17, 15) is 0 Å². The van der Waals surface area contributed by atoms with Crippen molar-refractivity contribution in [2.45, 2.75) is 25.3 Å². The second kappa shape index (κ2) is 5.55. The van der Waals surface area contributed by atoms with Crippen molar-refractivity contribution >= 4 is 17.3 Å². The van der Waals surface area contributed by atoms with Crippen LogP contribution in [0.4, 0.5) is 5.69 Å². The molecule has 0 aliphatic carbocycles. The summed E-state index contributed by atoms with van der Waals surface area (Å²) in [5.74, 6) is 0.